The number of aromatic nitrogens is 4. The molecule has 0 aliphatic carbocycles. The van der Waals surface area contributed by atoms with Crippen molar-refractivity contribution in [3.8, 4) is 6.07 Å². The van der Waals surface area contributed by atoms with Crippen LogP contribution in [0.25, 0.3) is 11.2 Å². The first-order valence-corrected chi connectivity index (χ1v) is 8.38. The van der Waals surface area contributed by atoms with Crippen LogP contribution in [0.1, 0.15) is 5.56 Å². The van der Waals surface area contributed by atoms with Crippen molar-refractivity contribution in [1.82, 2.24) is 18.7 Å². The first-order chi connectivity index (χ1) is 13.8. The molecule has 3 rings (SSSR count). The molecule has 1 N–H and O–H groups in total. The summed E-state index contributed by atoms with van der Waals surface area (Å²) in [5.41, 5.74) is 0.000460. The van der Waals surface area contributed by atoms with Crippen LogP contribution in [-0.4, -0.2) is 37.2 Å². The monoisotopic (exact) mass is 396 g/mol. The predicted octanol–water partition coefficient (Wildman–Crippen LogP) is -0.513. The van der Waals surface area contributed by atoms with Crippen LogP contribution in [-0.2, 0) is 35.0 Å². The Morgan fingerprint density at radius 2 is 1.86 bits per heavy atom. The highest BCUT2D eigenvalue weighted by atomic mass is 16.5. The second-order valence-corrected chi connectivity index (χ2v) is 6.15. The number of hydrogen-bond acceptors (Lipinski definition) is 7. The zero-order valence-corrected chi connectivity index (χ0v) is 15.6. The molecule has 29 heavy (non-hydrogen) atoms. The fourth-order valence-electron chi connectivity index (χ4n) is 2.67. The number of nitrogens with one attached hydrogen (secondary N) is 1. The molecule has 0 saturated carbocycles. The van der Waals surface area contributed by atoms with Crippen LogP contribution >= 0.6 is 0 Å². The number of ether oxygens (including phenoxy) is 1. The first kappa shape index (κ1) is 19.6. The molecule has 2 aromatic heterocycles. The Labute approximate surface area is 163 Å². The molecule has 3 aromatic rings. The van der Waals surface area contributed by atoms with Gasteiger partial charge in [-0.05, 0) is 24.3 Å². The van der Waals surface area contributed by atoms with Crippen molar-refractivity contribution in [2.75, 3.05) is 11.9 Å². The topological polar surface area (TPSA) is 141 Å². The summed E-state index contributed by atoms with van der Waals surface area (Å²) in [6, 6.07) is 8.15. The van der Waals surface area contributed by atoms with Gasteiger partial charge in [0.05, 0.1) is 18.0 Å². The smallest absolute Gasteiger partial charge is 0.332 e. The molecule has 11 heteroatoms. The summed E-state index contributed by atoms with van der Waals surface area (Å²) in [6.45, 7) is -0.879. The van der Waals surface area contributed by atoms with Crippen LogP contribution in [0.3, 0.4) is 0 Å². The Bertz CT molecular complexity index is 1260. The van der Waals surface area contributed by atoms with Crippen molar-refractivity contribution >= 4 is 28.7 Å². The molecular weight excluding hydrogens is 380 g/mol. The lowest BCUT2D eigenvalue weighted by Gasteiger charge is -2.08. The van der Waals surface area contributed by atoms with Gasteiger partial charge in [-0.25, -0.2) is 9.78 Å². The largest absolute Gasteiger partial charge is 0.454 e. The summed E-state index contributed by atoms with van der Waals surface area (Å²) >= 11 is 0. The van der Waals surface area contributed by atoms with E-state index in [1.807, 2.05) is 6.07 Å². The maximum Gasteiger partial charge on any atom is 0.332 e. The van der Waals surface area contributed by atoms with Crippen LogP contribution in [0.4, 0.5) is 5.69 Å². The number of amides is 1. The Morgan fingerprint density at radius 1 is 1.17 bits per heavy atom. The van der Waals surface area contributed by atoms with Crippen molar-refractivity contribution < 1.29 is 14.3 Å². The molecule has 0 bridgehead atoms. The number of imidazole rings is 1. The second-order valence-electron chi connectivity index (χ2n) is 6.15. The van der Waals surface area contributed by atoms with Crippen molar-refractivity contribution in [2.24, 2.45) is 14.1 Å². The summed E-state index contributed by atoms with van der Waals surface area (Å²) in [6.07, 6.45) is 1.25. The van der Waals surface area contributed by atoms with E-state index in [0.717, 1.165) is 4.57 Å². The summed E-state index contributed by atoms with van der Waals surface area (Å²) in [4.78, 5) is 52.2. The maximum atomic E-state index is 12.3. The van der Waals surface area contributed by atoms with Crippen LogP contribution < -0.4 is 16.6 Å². The fraction of sp³-hybridized carbons (Fsp3) is 0.222. The van der Waals surface area contributed by atoms with Gasteiger partial charge in [0.25, 0.3) is 11.5 Å². The number of esters is 1. The van der Waals surface area contributed by atoms with E-state index in [4.69, 9.17) is 10.00 Å². The van der Waals surface area contributed by atoms with E-state index < -0.39 is 29.7 Å². The number of rotatable bonds is 5. The molecular formula is C18H16N6O5. The number of nitriles is 1. The van der Waals surface area contributed by atoms with Crippen LogP contribution in [0, 0.1) is 11.3 Å². The van der Waals surface area contributed by atoms with E-state index in [0.29, 0.717) is 11.3 Å². The van der Waals surface area contributed by atoms with Gasteiger partial charge in [-0.3, -0.25) is 23.5 Å². The average molecular weight is 396 g/mol. The quantitative estimate of drug-likeness (QED) is 0.572. The van der Waals surface area contributed by atoms with E-state index in [1.54, 1.807) is 24.3 Å². The molecule has 0 saturated heterocycles. The van der Waals surface area contributed by atoms with Gasteiger partial charge in [0.15, 0.2) is 17.8 Å². The minimum absolute atomic E-state index is 0.0774. The molecule has 1 aromatic carbocycles. The number of carbonyl (C=O) groups excluding carboxylic acids is 2. The van der Waals surface area contributed by atoms with E-state index in [1.165, 1.54) is 29.6 Å². The lowest BCUT2D eigenvalue weighted by Crippen LogP contribution is -2.37. The molecule has 0 spiro atoms. The minimum atomic E-state index is -0.754. The third kappa shape index (κ3) is 3.91. The van der Waals surface area contributed by atoms with Gasteiger partial charge < -0.3 is 14.6 Å². The van der Waals surface area contributed by atoms with Gasteiger partial charge in [-0.1, -0.05) is 0 Å². The van der Waals surface area contributed by atoms with Gasteiger partial charge in [0.2, 0.25) is 0 Å². The lowest BCUT2D eigenvalue weighted by atomic mass is 10.2. The van der Waals surface area contributed by atoms with Crippen LogP contribution in [0.5, 0.6) is 0 Å². The molecule has 0 aliphatic heterocycles. The highest BCUT2D eigenvalue weighted by Crippen LogP contribution is 2.09. The number of carbonyl (C=O) groups is 2. The van der Waals surface area contributed by atoms with Gasteiger partial charge in [-0.15, -0.1) is 0 Å². The fourth-order valence-corrected chi connectivity index (χ4v) is 2.67. The third-order valence-electron chi connectivity index (χ3n) is 4.18. The highest BCUT2D eigenvalue weighted by Gasteiger charge is 2.17. The van der Waals surface area contributed by atoms with Gasteiger partial charge in [-0.2, -0.15) is 5.26 Å². The predicted molar refractivity (Wildman–Crippen MR) is 101 cm³/mol. The van der Waals surface area contributed by atoms with E-state index >= 15 is 0 Å². The van der Waals surface area contributed by atoms with Crippen LogP contribution in [0.2, 0.25) is 0 Å². The average Bonchev–Trinajstić information content (AvgIpc) is 3.13. The molecule has 148 valence electrons. The Balaban J connectivity index is 1.65. The summed E-state index contributed by atoms with van der Waals surface area (Å²) < 4.78 is 8.31. The summed E-state index contributed by atoms with van der Waals surface area (Å²) in [7, 11) is 2.79. The highest BCUT2D eigenvalue weighted by molar-refractivity contribution is 5.92. The second kappa shape index (κ2) is 7.81. The number of aryl methyl sites for hydroxylation is 1. The molecule has 0 radical (unpaired) electrons. The molecule has 0 aliphatic rings. The zero-order chi connectivity index (χ0) is 21.1. The SMILES string of the molecule is Cn1c(=O)c2c(ncn2CC(=O)OCC(=O)Nc2ccc(C#N)cc2)n(C)c1=O. The number of benzene rings is 1. The standard InChI is InChI=1S/C18H16N6O5/c1-22-16-15(17(27)23(2)18(22)28)24(10-20-16)8-14(26)29-9-13(25)21-12-5-3-11(7-19)4-6-12/h3-6,10H,8-9H2,1-2H3,(H,21,25). The van der Waals surface area contributed by atoms with Crippen molar-refractivity contribution in [3.05, 3.63) is 57.0 Å². The molecule has 0 atom stereocenters. The lowest BCUT2D eigenvalue weighted by molar-refractivity contribution is -0.147. The number of fused-ring (bicyclic) bond motifs is 1. The van der Waals surface area contributed by atoms with Crippen LogP contribution in [0.15, 0.2) is 40.2 Å². The molecule has 0 fully saturated rings. The number of hydrogen-bond donors (Lipinski definition) is 1. The number of nitrogens with zero attached hydrogens (tertiary/aromatic N) is 5. The summed E-state index contributed by atoms with van der Waals surface area (Å²) in [5.74, 6) is -1.31. The van der Waals surface area contributed by atoms with E-state index in [-0.39, 0.29) is 17.7 Å². The Hall–Kier alpha value is -4.20. The van der Waals surface area contributed by atoms with E-state index in [2.05, 4.69) is 10.3 Å². The molecule has 0 unspecified atom stereocenters. The van der Waals surface area contributed by atoms with Crippen molar-refractivity contribution in [2.45, 2.75) is 6.54 Å². The maximum absolute atomic E-state index is 12.3. The Kier molecular flexibility index (Phi) is 5.27. The third-order valence-corrected chi connectivity index (χ3v) is 4.18. The molecule has 1 amide bonds. The Morgan fingerprint density at radius 3 is 2.52 bits per heavy atom. The van der Waals surface area contributed by atoms with Crippen molar-refractivity contribution in [3.63, 3.8) is 0 Å². The minimum Gasteiger partial charge on any atom is -0.454 e. The van der Waals surface area contributed by atoms with Crippen molar-refractivity contribution in [1.29, 1.82) is 5.26 Å². The van der Waals surface area contributed by atoms with Gasteiger partial charge in [0, 0.05) is 19.8 Å². The van der Waals surface area contributed by atoms with Gasteiger partial charge >= 0.3 is 11.7 Å². The first-order valence-electron chi connectivity index (χ1n) is 8.38. The molecule has 11 nitrogen and oxygen atoms in total. The summed E-state index contributed by atoms with van der Waals surface area (Å²) in [5, 5.41) is 11.3. The zero-order valence-electron chi connectivity index (χ0n) is 15.6. The number of anilines is 1. The molecule has 2 heterocycles. The van der Waals surface area contributed by atoms with Gasteiger partial charge in [0.1, 0.15) is 6.54 Å². The normalized spacial score (nSPS) is 10.5. The van der Waals surface area contributed by atoms with E-state index in [9.17, 15) is 19.2 Å².